The van der Waals surface area contributed by atoms with E-state index in [-0.39, 0.29) is 12.5 Å². The molecule has 0 radical (unpaired) electrons. The Hall–Kier alpha value is -2.08. The van der Waals surface area contributed by atoms with Gasteiger partial charge in [0, 0.05) is 0 Å². The number of nitrogens with zero attached hydrogens (tertiary/aromatic N) is 1. The molecule has 0 saturated carbocycles. The standard InChI is InChI=1S/C20H28ClN3O3/c1-4-5-6-7-8-11-20(3)18(26)24(19(27)23-20)13-17(25)22-16-10-9-14(2)12-15(16)21/h9-10,12H,4-8,11,13H2,1-3H3,(H,22,25)(H,23,27)/t20-/m0/s1. The van der Waals surface area contributed by atoms with E-state index >= 15 is 0 Å². The van der Waals surface area contributed by atoms with Crippen molar-refractivity contribution in [3.63, 3.8) is 0 Å². The molecule has 6 nitrogen and oxygen atoms in total. The summed E-state index contributed by atoms with van der Waals surface area (Å²) in [6.07, 6.45) is 5.91. The average molecular weight is 394 g/mol. The average Bonchev–Trinajstić information content (AvgIpc) is 2.81. The summed E-state index contributed by atoms with van der Waals surface area (Å²) in [5, 5.41) is 5.81. The van der Waals surface area contributed by atoms with E-state index in [2.05, 4.69) is 17.6 Å². The first-order chi connectivity index (χ1) is 12.8. The highest BCUT2D eigenvalue weighted by atomic mass is 35.5. The molecule has 0 aromatic heterocycles. The quantitative estimate of drug-likeness (QED) is 0.486. The number of carbonyl (C=O) groups is 3. The number of amides is 4. The van der Waals surface area contributed by atoms with Gasteiger partial charge in [-0.1, -0.05) is 56.7 Å². The Balaban J connectivity index is 1.93. The van der Waals surface area contributed by atoms with Gasteiger partial charge in [-0.2, -0.15) is 0 Å². The molecule has 0 spiro atoms. The Morgan fingerprint density at radius 1 is 1.22 bits per heavy atom. The van der Waals surface area contributed by atoms with Crippen LogP contribution < -0.4 is 10.6 Å². The second-order valence-corrected chi connectivity index (χ2v) is 7.76. The summed E-state index contributed by atoms with van der Waals surface area (Å²) in [6.45, 7) is 5.44. The molecule has 2 rings (SSSR count). The van der Waals surface area contributed by atoms with Crippen molar-refractivity contribution in [1.82, 2.24) is 10.2 Å². The molecule has 1 aliphatic rings. The maximum atomic E-state index is 12.7. The minimum atomic E-state index is -0.939. The van der Waals surface area contributed by atoms with Crippen molar-refractivity contribution in [1.29, 1.82) is 0 Å². The molecule has 1 heterocycles. The molecule has 1 aliphatic heterocycles. The van der Waals surface area contributed by atoms with Gasteiger partial charge in [0.05, 0.1) is 10.7 Å². The molecule has 1 atom stereocenters. The molecule has 1 aromatic rings. The Labute approximate surface area is 165 Å². The highest BCUT2D eigenvalue weighted by Crippen LogP contribution is 2.25. The molecule has 1 saturated heterocycles. The predicted molar refractivity (Wildman–Crippen MR) is 107 cm³/mol. The lowest BCUT2D eigenvalue weighted by Crippen LogP contribution is -2.44. The molecule has 27 heavy (non-hydrogen) atoms. The molecule has 7 heteroatoms. The van der Waals surface area contributed by atoms with Gasteiger partial charge in [0.15, 0.2) is 0 Å². The molecule has 148 valence electrons. The van der Waals surface area contributed by atoms with Crippen molar-refractivity contribution in [2.24, 2.45) is 0 Å². The minimum absolute atomic E-state index is 0.333. The summed E-state index contributed by atoms with van der Waals surface area (Å²) in [5.41, 5.74) is 0.491. The van der Waals surface area contributed by atoms with Crippen LogP contribution in [0.25, 0.3) is 0 Å². The van der Waals surface area contributed by atoms with Gasteiger partial charge in [0.2, 0.25) is 5.91 Å². The maximum absolute atomic E-state index is 12.7. The number of unbranched alkanes of at least 4 members (excludes halogenated alkanes) is 4. The first-order valence-electron chi connectivity index (χ1n) is 9.47. The third-order valence-electron chi connectivity index (χ3n) is 4.83. The third-order valence-corrected chi connectivity index (χ3v) is 5.14. The Kier molecular flexibility index (Phi) is 7.25. The fraction of sp³-hybridized carbons (Fsp3) is 0.550. The van der Waals surface area contributed by atoms with E-state index < -0.39 is 17.5 Å². The van der Waals surface area contributed by atoms with Crippen molar-refractivity contribution in [2.75, 3.05) is 11.9 Å². The van der Waals surface area contributed by atoms with Crippen LogP contribution in [-0.4, -0.2) is 34.8 Å². The van der Waals surface area contributed by atoms with Crippen LogP contribution in [0, 0.1) is 6.92 Å². The molecule has 0 unspecified atom stereocenters. The summed E-state index contributed by atoms with van der Waals surface area (Å²) < 4.78 is 0. The number of hydrogen-bond donors (Lipinski definition) is 2. The SMILES string of the molecule is CCCCCCC[C@]1(C)NC(=O)N(CC(=O)Nc2ccc(C)cc2Cl)C1=O. The number of anilines is 1. The van der Waals surface area contributed by atoms with Crippen LogP contribution in [0.3, 0.4) is 0 Å². The monoisotopic (exact) mass is 393 g/mol. The number of urea groups is 1. The zero-order valence-electron chi connectivity index (χ0n) is 16.2. The molecular weight excluding hydrogens is 366 g/mol. The Bertz CT molecular complexity index is 722. The number of hydrogen-bond acceptors (Lipinski definition) is 3. The largest absolute Gasteiger partial charge is 0.325 e. The van der Waals surface area contributed by atoms with E-state index in [0.29, 0.717) is 17.1 Å². The Morgan fingerprint density at radius 2 is 1.93 bits per heavy atom. The summed E-state index contributed by atoms with van der Waals surface area (Å²) in [6, 6.07) is 4.73. The molecule has 1 aromatic carbocycles. The van der Waals surface area contributed by atoms with E-state index in [0.717, 1.165) is 36.1 Å². The summed E-state index contributed by atoms with van der Waals surface area (Å²) in [5.74, 6) is -0.815. The van der Waals surface area contributed by atoms with Gasteiger partial charge in [-0.25, -0.2) is 4.79 Å². The predicted octanol–water partition coefficient (Wildman–Crippen LogP) is 4.26. The van der Waals surface area contributed by atoms with Gasteiger partial charge in [-0.05, 0) is 38.0 Å². The smallest absolute Gasteiger partial charge is 0.323 e. The maximum Gasteiger partial charge on any atom is 0.325 e. The van der Waals surface area contributed by atoms with Crippen LogP contribution >= 0.6 is 11.6 Å². The zero-order valence-corrected chi connectivity index (χ0v) is 17.0. The lowest BCUT2D eigenvalue weighted by molar-refractivity contribution is -0.133. The molecule has 4 amide bonds. The van der Waals surface area contributed by atoms with Crippen molar-refractivity contribution < 1.29 is 14.4 Å². The zero-order chi connectivity index (χ0) is 20.0. The first kappa shape index (κ1) is 21.2. The third kappa shape index (κ3) is 5.45. The second kappa shape index (κ2) is 9.22. The van der Waals surface area contributed by atoms with Gasteiger partial charge < -0.3 is 10.6 Å². The van der Waals surface area contributed by atoms with Crippen LogP contribution in [0.4, 0.5) is 10.5 Å². The van der Waals surface area contributed by atoms with E-state index in [1.54, 1.807) is 19.1 Å². The van der Waals surface area contributed by atoms with Gasteiger partial charge >= 0.3 is 6.03 Å². The minimum Gasteiger partial charge on any atom is -0.323 e. The fourth-order valence-corrected chi connectivity index (χ4v) is 3.48. The van der Waals surface area contributed by atoms with Crippen molar-refractivity contribution in [3.05, 3.63) is 28.8 Å². The van der Waals surface area contributed by atoms with E-state index in [1.165, 1.54) is 6.42 Å². The first-order valence-corrected chi connectivity index (χ1v) is 9.85. The lowest BCUT2D eigenvalue weighted by atomic mass is 9.94. The number of halogens is 1. The van der Waals surface area contributed by atoms with Crippen LogP contribution in [-0.2, 0) is 9.59 Å². The normalized spacial score (nSPS) is 19.3. The second-order valence-electron chi connectivity index (χ2n) is 7.35. The molecular formula is C20H28ClN3O3. The fourth-order valence-electron chi connectivity index (χ4n) is 3.20. The summed E-state index contributed by atoms with van der Waals surface area (Å²) in [7, 11) is 0. The van der Waals surface area contributed by atoms with Gasteiger partial charge in [-0.15, -0.1) is 0 Å². The van der Waals surface area contributed by atoms with Gasteiger partial charge in [0.25, 0.3) is 5.91 Å². The number of rotatable bonds is 9. The molecule has 1 fully saturated rings. The van der Waals surface area contributed by atoms with Crippen LogP contribution in [0.1, 0.15) is 57.9 Å². The van der Waals surface area contributed by atoms with E-state index in [4.69, 9.17) is 11.6 Å². The van der Waals surface area contributed by atoms with E-state index in [9.17, 15) is 14.4 Å². The highest BCUT2D eigenvalue weighted by Gasteiger charge is 2.47. The molecule has 0 bridgehead atoms. The highest BCUT2D eigenvalue weighted by molar-refractivity contribution is 6.33. The van der Waals surface area contributed by atoms with E-state index in [1.807, 2.05) is 13.0 Å². The van der Waals surface area contributed by atoms with Crippen molar-refractivity contribution in [2.45, 2.75) is 64.8 Å². The number of nitrogens with one attached hydrogen (secondary N) is 2. The van der Waals surface area contributed by atoms with Crippen molar-refractivity contribution >= 4 is 35.1 Å². The summed E-state index contributed by atoms with van der Waals surface area (Å²) >= 11 is 6.11. The number of benzene rings is 1. The van der Waals surface area contributed by atoms with Crippen LogP contribution in [0.15, 0.2) is 18.2 Å². The van der Waals surface area contributed by atoms with Gasteiger partial charge in [-0.3, -0.25) is 14.5 Å². The summed E-state index contributed by atoms with van der Waals surface area (Å²) in [4.78, 5) is 38.2. The number of aryl methyl sites for hydroxylation is 1. The lowest BCUT2D eigenvalue weighted by Gasteiger charge is -2.21. The Morgan fingerprint density at radius 3 is 2.59 bits per heavy atom. The number of imide groups is 1. The van der Waals surface area contributed by atoms with Crippen LogP contribution in [0.2, 0.25) is 5.02 Å². The van der Waals surface area contributed by atoms with Crippen molar-refractivity contribution in [3.8, 4) is 0 Å². The topological polar surface area (TPSA) is 78.5 Å². The molecule has 2 N–H and O–H groups in total. The molecule has 0 aliphatic carbocycles. The van der Waals surface area contributed by atoms with Gasteiger partial charge in [0.1, 0.15) is 12.1 Å². The number of carbonyl (C=O) groups excluding carboxylic acids is 3. The van der Waals surface area contributed by atoms with Crippen LogP contribution in [0.5, 0.6) is 0 Å².